The number of hydrogen-bond acceptors (Lipinski definition) is 7. The first-order valence-corrected chi connectivity index (χ1v) is 10.3. The van der Waals surface area contributed by atoms with E-state index in [1.54, 1.807) is 41.8 Å². The smallest absolute Gasteiger partial charge is 0.311 e. The Morgan fingerprint density at radius 2 is 1.90 bits per heavy atom. The third-order valence-corrected chi connectivity index (χ3v) is 5.59. The molecule has 1 N–H and O–H groups in total. The molecule has 2 aromatic heterocycles. The number of aromatic nitrogens is 2. The van der Waals surface area contributed by atoms with Gasteiger partial charge in [0.1, 0.15) is 0 Å². The summed E-state index contributed by atoms with van der Waals surface area (Å²) in [5.74, 6) is -0.586. The zero-order chi connectivity index (χ0) is 22.0. The minimum atomic E-state index is -0.380. The third-order valence-electron chi connectivity index (χ3n) is 4.79. The average Bonchev–Trinajstić information content (AvgIpc) is 3.22. The fraction of sp³-hybridized carbons (Fsp3) is 0.130. The van der Waals surface area contributed by atoms with Crippen molar-refractivity contribution in [1.29, 1.82) is 0 Å². The lowest BCUT2D eigenvalue weighted by Crippen LogP contribution is -2.20. The summed E-state index contributed by atoms with van der Waals surface area (Å²) in [6.45, 7) is 1.95. The number of carbonyl (C=O) groups excluding carboxylic acids is 1. The SMILES string of the molecule is COC(=O)Cc1csc(/N=C/c2c(O)n(-c3ccc(C)cc3)c(=O)c3ccccc23)n1. The van der Waals surface area contributed by atoms with E-state index in [0.717, 1.165) is 5.56 Å². The molecule has 8 heteroatoms. The molecule has 7 nitrogen and oxygen atoms in total. The van der Waals surface area contributed by atoms with Gasteiger partial charge < -0.3 is 9.84 Å². The molecule has 0 aliphatic rings. The van der Waals surface area contributed by atoms with Gasteiger partial charge in [-0.3, -0.25) is 9.59 Å². The molecule has 0 saturated carbocycles. The molecule has 0 bridgehead atoms. The Balaban J connectivity index is 1.82. The predicted octanol–water partition coefficient (Wildman–Crippen LogP) is 3.93. The van der Waals surface area contributed by atoms with Crippen molar-refractivity contribution in [1.82, 2.24) is 9.55 Å². The van der Waals surface area contributed by atoms with Crippen molar-refractivity contribution in [2.75, 3.05) is 7.11 Å². The van der Waals surface area contributed by atoms with Crippen LogP contribution in [0.5, 0.6) is 5.88 Å². The Bertz CT molecular complexity index is 1350. The quantitative estimate of drug-likeness (QED) is 0.380. The lowest BCUT2D eigenvalue weighted by Gasteiger charge is -2.13. The Kier molecular flexibility index (Phi) is 5.64. The van der Waals surface area contributed by atoms with Gasteiger partial charge in [-0.2, -0.15) is 0 Å². The van der Waals surface area contributed by atoms with E-state index < -0.39 is 0 Å². The molecule has 0 aliphatic heterocycles. The van der Waals surface area contributed by atoms with Crippen molar-refractivity contribution in [3.05, 3.63) is 81.1 Å². The van der Waals surface area contributed by atoms with Crippen molar-refractivity contribution in [3.63, 3.8) is 0 Å². The molecule has 0 atom stereocenters. The number of esters is 1. The molecule has 4 rings (SSSR count). The number of hydrogen-bond donors (Lipinski definition) is 1. The monoisotopic (exact) mass is 433 g/mol. The van der Waals surface area contributed by atoms with E-state index >= 15 is 0 Å². The molecular formula is C23H19N3O4S. The highest BCUT2D eigenvalue weighted by atomic mass is 32.1. The van der Waals surface area contributed by atoms with E-state index in [1.165, 1.54) is 29.2 Å². The van der Waals surface area contributed by atoms with Gasteiger partial charge in [-0.15, -0.1) is 11.3 Å². The van der Waals surface area contributed by atoms with Crippen LogP contribution in [-0.2, 0) is 16.0 Å². The van der Waals surface area contributed by atoms with Gasteiger partial charge >= 0.3 is 5.97 Å². The number of carbonyl (C=O) groups is 1. The number of ether oxygens (including phenoxy) is 1. The van der Waals surface area contributed by atoms with Gasteiger partial charge in [0, 0.05) is 22.4 Å². The molecule has 2 heterocycles. The van der Waals surface area contributed by atoms with Crippen LogP contribution in [0.15, 0.2) is 63.7 Å². The van der Waals surface area contributed by atoms with Crippen molar-refractivity contribution in [3.8, 4) is 11.6 Å². The van der Waals surface area contributed by atoms with Crippen LogP contribution in [0.25, 0.3) is 16.5 Å². The number of fused-ring (bicyclic) bond motifs is 1. The van der Waals surface area contributed by atoms with Crippen LogP contribution in [-0.4, -0.2) is 34.0 Å². The number of aliphatic imine (C=N–C) groups is 1. The Labute approximate surface area is 181 Å². The van der Waals surface area contributed by atoms with E-state index in [9.17, 15) is 14.7 Å². The molecule has 0 fully saturated rings. The van der Waals surface area contributed by atoms with Gasteiger partial charge in [0.2, 0.25) is 11.0 Å². The summed E-state index contributed by atoms with van der Waals surface area (Å²) < 4.78 is 5.92. The molecule has 0 saturated heterocycles. The third kappa shape index (κ3) is 4.10. The summed E-state index contributed by atoms with van der Waals surface area (Å²) >= 11 is 1.27. The number of aromatic hydroxyl groups is 1. The molecule has 0 aliphatic carbocycles. The van der Waals surface area contributed by atoms with Crippen molar-refractivity contribution < 1.29 is 14.6 Å². The maximum atomic E-state index is 13.1. The maximum Gasteiger partial charge on any atom is 0.311 e. The molecule has 4 aromatic rings. The van der Waals surface area contributed by atoms with E-state index in [0.29, 0.717) is 32.8 Å². The zero-order valence-corrected chi connectivity index (χ0v) is 17.7. The number of rotatable bonds is 5. The van der Waals surface area contributed by atoms with Gasteiger partial charge in [0.25, 0.3) is 5.56 Å². The average molecular weight is 433 g/mol. The maximum absolute atomic E-state index is 13.1. The van der Waals surface area contributed by atoms with Crippen molar-refractivity contribution in [2.24, 2.45) is 4.99 Å². The van der Waals surface area contributed by atoms with Crippen LogP contribution in [0.2, 0.25) is 0 Å². The second-order valence-corrected chi connectivity index (χ2v) is 7.73. The van der Waals surface area contributed by atoms with E-state index in [1.807, 2.05) is 19.1 Å². The number of benzene rings is 2. The summed E-state index contributed by atoms with van der Waals surface area (Å²) in [7, 11) is 1.32. The second kappa shape index (κ2) is 8.53. The van der Waals surface area contributed by atoms with Crippen LogP contribution in [0.3, 0.4) is 0 Å². The number of methoxy groups -OCH3 is 1. The fourth-order valence-corrected chi connectivity index (χ4v) is 3.86. The molecule has 2 aromatic carbocycles. The van der Waals surface area contributed by atoms with E-state index in [4.69, 9.17) is 0 Å². The highest BCUT2D eigenvalue weighted by Gasteiger charge is 2.16. The lowest BCUT2D eigenvalue weighted by molar-refractivity contribution is -0.139. The molecule has 0 unspecified atom stereocenters. The van der Waals surface area contributed by atoms with Gasteiger partial charge in [-0.1, -0.05) is 35.9 Å². The number of nitrogens with zero attached hydrogens (tertiary/aromatic N) is 3. The Morgan fingerprint density at radius 1 is 1.19 bits per heavy atom. The highest BCUT2D eigenvalue weighted by molar-refractivity contribution is 7.13. The Morgan fingerprint density at radius 3 is 2.61 bits per heavy atom. The molecule has 0 radical (unpaired) electrons. The highest BCUT2D eigenvalue weighted by Crippen LogP contribution is 2.27. The van der Waals surface area contributed by atoms with Crippen LogP contribution in [0.4, 0.5) is 5.13 Å². The number of pyridine rings is 1. The standard InChI is InChI=1S/C23H19N3O4S/c1-14-7-9-16(10-8-14)26-21(28)18-6-4-3-5-17(18)19(22(26)29)12-24-23-25-15(13-31-23)11-20(27)30-2/h3-10,12-13,29H,11H2,1-2H3/b24-12+. The van der Waals surface area contributed by atoms with Crippen LogP contribution in [0.1, 0.15) is 16.8 Å². The van der Waals surface area contributed by atoms with Crippen LogP contribution in [0, 0.1) is 6.92 Å². The van der Waals surface area contributed by atoms with Crippen molar-refractivity contribution >= 4 is 39.4 Å². The first-order valence-electron chi connectivity index (χ1n) is 9.47. The molecular weight excluding hydrogens is 414 g/mol. The molecule has 31 heavy (non-hydrogen) atoms. The van der Waals surface area contributed by atoms with Crippen LogP contribution >= 0.6 is 11.3 Å². The number of aryl methyl sites for hydroxylation is 1. The second-order valence-electron chi connectivity index (χ2n) is 6.89. The summed E-state index contributed by atoms with van der Waals surface area (Å²) in [6, 6.07) is 14.4. The summed E-state index contributed by atoms with van der Waals surface area (Å²) in [4.78, 5) is 33.2. The Hall–Kier alpha value is -3.78. The summed E-state index contributed by atoms with van der Waals surface area (Å²) in [5, 5.41) is 14.2. The molecule has 0 amide bonds. The first-order chi connectivity index (χ1) is 15.0. The molecule has 156 valence electrons. The first kappa shape index (κ1) is 20.5. The summed E-state index contributed by atoms with van der Waals surface area (Å²) in [6.07, 6.45) is 1.55. The largest absolute Gasteiger partial charge is 0.494 e. The minimum Gasteiger partial charge on any atom is -0.494 e. The fourth-order valence-electron chi connectivity index (χ4n) is 3.20. The number of thiazole rings is 1. The summed E-state index contributed by atoms with van der Waals surface area (Å²) in [5.41, 5.74) is 2.25. The van der Waals surface area contributed by atoms with Gasteiger partial charge in [-0.05, 0) is 25.1 Å². The van der Waals surface area contributed by atoms with E-state index in [2.05, 4.69) is 14.7 Å². The zero-order valence-electron chi connectivity index (χ0n) is 16.9. The molecule has 0 spiro atoms. The van der Waals surface area contributed by atoms with Gasteiger partial charge in [0.05, 0.1) is 30.5 Å². The predicted molar refractivity (Wildman–Crippen MR) is 121 cm³/mol. The lowest BCUT2D eigenvalue weighted by atomic mass is 10.1. The topological polar surface area (TPSA) is 93.8 Å². The minimum absolute atomic E-state index is 0.0645. The van der Waals surface area contributed by atoms with Crippen LogP contribution < -0.4 is 5.56 Å². The normalized spacial score (nSPS) is 11.3. The van der Waals surface area contributed by atoms with Crippen molar-refractivity contribution in [2.45, 2.75) is 13.3 Å². The van der Waals surface area contributed by atoms with Gasteiger partial charge in [-0.25, -0.2) is 14.5 Å². The van der Waals surface area contributed by atoms with E-state index in [-0.39, 0.29) is 23.8 Å². The van der Waals surface area contributed by atoms with Gasteiger partial charge in [0.15, 0.2) is 0 Å².